The van der Waals surface area contributed by atoms with Gasteiger partial charge in [-0.05, 0) is 6.42 Å². The molecule has 0 saturated heterocycles. The van der Waals surface area contributed by atoms with E-state index >= 15 is 0 Å². The van der Waals surface area contributed by atoms with Crippen LogP contribution in [0.2, 0.25) is 0 Å². The summed E-state index contributed by atoms with van der Waals surface area (Å²) in [6, 6.07) is 0. The second-order valence-corrected chi connectivity index (χ2v) is 3.04. The molecule has 0 unspecified atom stereocenters. The molecule has 5 nitrogen and oxygen atoms in total. The van der Waals surface area contributed by atoms with Gasteiger partial charge >= 0.3 is 0 Å². The van der Waals surface area contributed by atoms with E-state index < -0.39 is 0 Å². The highest BCUT2D eigenvalue weighted by molar-refractivity contribution is 5.29. The first-order chi connectivity index (χ1) is 7.36. The molecule has 1 aromatic heterocycles. The van der Waals surface area contributed by atoms with Crippen LogP contribution in [0.3, 0.4) is 0 Å². The fourth-order valence-corrected chi connectivity index (χ4v) is 1.04. The molecular weight excluding hydrogens is 194 g/mol. The molecule has 15 heavy (non-hydrogen) atoms. The van der Waals surface area contributed by atoms with Gasteiger partial charge in [0, 0.05) is 27.4 Å². The fourth-order valence-electron chi connectivity index (χ4n) is 1.04. The van der Waals surface area contributed by atoms with E-state index in [1.54, 1.807) is 19.5 Å². The minimum absolute atomic E-state index is 0.501. The lowest BCUT2D eigenvalue weighted by atomic mass is 10.4. The lowest BCUT2D eigenvalue weighted by Gasteiger charge is -2.03. The molecule has 1 heterocycles. The maximum atomic E-state index is 5.39. The molecule has 0 aliphatic rings. The Morgan fingerprint density at radius 2 is 2.13 bits per heavy atom. The van der Waals surface area contributed by atoms with Crippen LogP contribution in [-0.2, 0) is 16.1 Å². The van der Waals surface area contributed by atoms with E-state index in [0.29, 0.717) is 13.2 Å². The molecule has 0 atom stereocenters. The smallest absolute Gasteiger partial charge is 0.144 e. The molecule has 0 aliphatic carbocycles. The summed E-state index contributed by atoms with van der Waals surface area (Å²) in [5.74, 6) is 0.762. The van der Waals surface area contributed by atoms with Gasteiger partial charge in [-0.15, -0.1) is 0 Å². The lowest BCUT2D eigenvalue weighted by Crippen LogP contribution is -2.02. The molecular formula is C10H17N3O2. The van der Waals surface area contributed by atoms with Crippen molar-refractivity contribution in [3.8, 4) is 0 Å². The zero-order chi connectivity index (χ0) is 10.9. The molecule has 5 heteroatoms. The number of hydrogen-bond acceptors (Lipinski definition) is 5. The molecule has 0 aromatic carbocycles. The van der Waals surface area contributed by atoms with Crippen LogP contribution in [0.4, 0.5) is 5.82 Å². The molecule has 0 radical (unpaired) electrons. The van der Waals surface area contributed by atoms with Crippen LogP contribution in [0.15, 0.2) is 12.4 Å². The Balaban J connectivity index is 2.20. The van der Waals surface area contributed by atoms with Gasteiger partial charge in [0.15, 0.2) is 0 Å². The van der Waals surface area contributed by atoms with Crippen molar-refractivity contribution in [1.29, 1.82) is 0 Å². The normalized spacial score (nSPS) is 10.3. The average Bonchev–Trinajstić information content (AvgIpc) is 2.30. The zero-order valence-electron chi connectivity index (χ0n) is 9.19. The Bertz CT molecular complexity index is 264. The van der Waals surface area contributed by atoms with Gasteiger partial charge in [0.2, 0.25) is 0 Å². The fraction of sp³-hybridized carbons (Fsp3) is 0.600. The second-order valence-electron chi connectivity index (χ2n) is 3.04. The average molecular weight is 211 g/mol. The Kier molecular flexibility index (Phi) is 5.65. The van der Waals surface area contributed by atoms with E-state index in [1.807, 2.05) is 7.05 Å². The topological polar surface area (TPSA) is 56.3 Å². The molecule has 0 aliphatic heterocycles. The number of methoxy groups -OCH3 is 1. The molecule has 84 valence electrons. The highest BCUT2D eigenvalue weighted by Gasteiger charge is 1.96. The first kappa shape index (κ1) is 11.9. The molecule has 0 bridgehead atoms. The zero-order valence-corrected chi connectivity index (χ0v) is 9.19. The quantitative estimate of drug-likeness (QED) is 0.684. The summed E-state index contributed by atoms with van der Waals surface area (Å²) in [4.78, 5) is 8.32. The van der Waals surface area contributed by atoms with Gasteiger partial charge in [0.25, 0.3) is 0 Å². The van der Waals surface area contributed by atoms with Crippen molar-refractivity contribution < 1.29 is 9.47 Å². The Labute approximate surface area is 89.8 Å². The Morgan fingerprint density at radius 1 is 1.27 bits per heavy atom. The molecule has 1 aromatic rings. The SMILES string of the molecule is CNc1cnc(COCCCOC)cn1. The summed E-state index contributed by atoms with van der Waals surface area (Å²) in [6.45, 7) is 1.91. The maximum Gasteiger partial charge on any atom is 0.144 e. The van der Waals surface area contributed by atoms with Crippen LogP contribution in [0.1, 0.15) is 12.1 Å². The van der Waals surface area contributed by atoms with Crippen LogP contribution in [0.5, 0.6) is 0 Å². The summed E-state index contributed by atoms with van der Waals surface area (Å²) in [5.41, 5.74) is 0.839. The third kappa shape index (κ3) is 4.71. The van der Waals surface area contributed by atoms with Crippen molar-refractivity contribution >= 4 is 5.82 Å². The Morgan fingerprint density at radius 3 is 2.73 bits per heavy atom. The van der Waals surface area contributed by atoms with E-state index in [0.717, 1.165) is 24.5 Å². The highest BCUT2D eigenvalue weighted by Crippen LogP contribution is 2.01. The third-order valence-corrected chi connectivity index (χ3v) is 1.85. The number of nitrogens with one attached hydrogen (secondary N) is 1. The predicted molar refractivity (Wildman–Crippen MR) is 57.7 cm³/mol. The monoisotopic (exact) mass is 211 g/mol. The van der Waals surface area contributed by atoms with E-state index in [-0.39, 0.29) is 0 Å². The summed E-state index contributed by atoms with van der Waals surface area (Å²) in [7, 11) is 3.49. The lowest BCUT2D eigenvalue weighted by molar-refractivity contribution is 0.0909. The number of ether oxygens (including phenoxy) is 2. The molecule has 0 saturated carbocycles. The standard InChI is InChI=1S/C10H17N3O2/c1-11-10-7-12-9(6-13-10)8-15-5-3-4-14-2/h6-7H,3-5,8H2,1-2H3,(H,11,13). The number of rotatable bonds is 7. The summed E-state index contributed by atoms with van der Waals surface area (Å²) in [5, 5.41) is 2.91. The van der Waals surface area contributed by atoms with E-state index in [9.17, 15) is 0 Å². The van der Waals surface area contributed by atoms with Crippen molar-refractivity contribution in [2.24, 2.45) is 0 Å². The van der Waals surface area contributed by atoms with E-state index in [2.05, 4.69) is 15.3 Å². The van der Waals surface area contributed by atoms with Crippen LogP contribution < -0.4 is 5.32 Å². The molecule has 1 N–H and O–H groups in total. The van der Waals surface area contributed by atoms with Crippen molar-refractivity contribution in [2.45, 2.75) is 13.0 Å². The second kappa shape index (κ2) is 7.14. The first-order valence-corrected chi connectivity index (χ1v) is 4.92. The molecule has 0 fully saturated rings. The molecule has 0 spiro atoms. The van der Waals surface area contributed by atoms with Crippen molar-refractivity contribution in [3.05, 3.63) is 18.1 Å². The third-order valence-electron chi connectivity index (χ3n) is 1.85. The van der Waals surface area contributed by atoms with E-state index in [1.165, 1.54) is 0 Å². The van der Waals surface area contributed by atoms with Crippen LogP contribution in [0.25, 0.3) is 0 Å². The van der Waals surface area contributed by atoms with E-state index in [4.69, 9.17) is 9.47 Å². The van der Waals surface area contributed by atoms with Gasteiger partial charge in [-0.1, -0.05) is 0 Å². The minimum atomic E-state index is 0.501. The van der Waals surface area contributed by atoms with Crippen molar-refractivity contribution in [2.75, 3.05) is 32.7 Å². The minimum Gasteiger partial charge on any atom is -0.385 e. The van der Waals surface area contributed by atoms with Gasteiger partial charge in [-0.25, -0.2) is 4.98 Å². The summed E-state index contributed by atoms with van der Waals surface area (Å²) in [6.07, 6.45) is 4.30. The molecule has 1 rings (SSSR count). The summed E-state index contributed by atoms with van der Waals surface area (Å²) >= 11 is 0. The largest absolute Gasteiger partial charge is 0.385 e. The van der Waals surface area contributed by atoms with Crippen molar-refractivity contribution in [1.82, 2.24) is 9.97 Å². The van der Waals surface area contributed by atoms with Gasteiger partial charge in [-0.3, -0.25) is 4.98 Å². The number of hydrogen-bond donors (Lipinski definition) is 1. The van der Waals surface area contributed by atoms with Gasteiger partial charge < -0.3 is 14.8 Å². The van der Waals surface area contributed by atoms with Gasteiger partial charge in [0.1, 0.15) is 5.82 Å². The first-order valence-electron chi connectivity index (χ1n) is 4.92. The number of nitrogens with zero attached hydrogens (tertiary/aromatic N) is 2. The van der Waals surface area contributed by atoms with Crippen LogP contribution >= 0.6 is 0 Å². The predicted octanol–water partition coefficient (Wildman–Crippen LogP) is 1.07. The van der Waals surface area contributed by atoms with Crippen LogP contribution in [-0.4, -0.2) is 37.3 Å². The highest BCUT2D eigenvalue weighted by atomic mass is 16.5. The Hall–Kier alpha value is -1.20. The van der Waals surface area contributed by atoms with Gasteiger partial charge in [-0.2, -0.15) is 0 Å². The number of aromatic nitrogens is 2. The summed E-state index contributed by atoms with van der Waals surface area (Å²) < 4.78 is 10.3. The van der Waals surface area contributed by atoms with Gasteiger partial charge in [0.05, 0.1) is 24.7 Å². The van der Waals surface area contributed by atoms with Crippen LogP contribution in [0, 0.1) is 0 Å². The number of anilines is 1. The molecule has 0 amide bonds. The van der Waals surface area contributed by atoms with Crippen molar-refractivity contribution in [3.63, 3.8) is 0 Å². The maximum absolute atomic E-state index is 5.39.